The fourth-order valence-electron chi connectivity index (χ4n) is 2.44. The number of nitrogens with zero attached hydrogens (tertiary/aromatic N) is 2. The standard InChI is InChI=1S/C19H20N4/c1-13-3-5-15(6-4-13)14(2)23-19-18(21-11-12-22-19)16-7-9-17(20)10-8-16/h3-12,14H,20H2,1-2H3,(H,22,23). The van der Waals surface area contributed by atoms with E-state index in [0.29, 0.717) is 0 Å². The highest BCUT2D eigenvalue weighted by atomic mass is 15.0. The smallest absolute Gasteiger partial charge is 0.153 e. The third-order valence-electron chi connectivity index (χ3n) is 3.81. The van der Waals surface area contributed by atoms with Crippen molar-refractivity contribution in [3.63, 3.8) is 0 Å². The largest absolute Gasteiger partial charge is 0.399 e. The first kappa shape index (κ1) is 15.0. The van der Waals surface area contributed by atoms with E-state index >= 15 is 0 Å². The number of nitrogens with one attached hydrogen (secondary N) is 1. The van der Waals surface area contributed by atoms with Gasteiger partial charge in [-0.1, -0.05) is 42.0 Å². The molecule has 3 rings (SSSR count). The molecule has 0 aliphatic heterocycles. The third-order valence-corrected chi connectivity index (χ3v) is 3.81. The quantitative estimate of drug-likeness (QED) is 0.709. The van der Waals surface area contributed by atoms with Gasteiger partial charge >= 0.3 is 0 Å². The van der Waals surface area contributed by atoms with Crippen molar-refractivity contribution in [2.75, 3.05) is 11.1 Å². The second-order valence-corrected chi connectivity index (χ2v) is 5.65. The summed E-state index contributed by atoms with van der Waals surface area (Å²) in [5, 5.41) is 3.45. The second kappa shape index (κ2) is 6.48. The van der Waals surface area contributed by atoms with Gasteiger partial charge in [0.25, 0.3) is 0 Å². The number of aryl methyl sites for hydroxylation is 1. The van der Waals surface area contributed by atoms with Gasteiger partial charge in [-0.15, -0.1) is 0 Å². The number of hydrogen-bond acceptors (Lipinski definition) is 4. The molecule has 0 saturated carbocycles. The molecule has 1 unspecified atom stereocenters. The maximum atomic E-state index is 5.76. The Labute approximate surface area is 136 Å². The summed E-state index contributed by atoms with van der Waals surface area (Å²) in [6, 6.07) is 16.3. The van der Waals surface area contributed by atoms with E-state index in [9.17, 15) is 0 Å². The van der Waals surface area contributed by atoms with Crippen LogP contribution in [0.2, 0.25) is 0 Å². The van der Waals surface area contributed by atoms with Crippen LogP contribution in [-0.4, -0.2) is 9.97 Å². The van der Waals surface area contributed by atoms with E-state index in [1.165, 1.54) is 11.1 Å². The van der Waals surface area contributed by atoms with Gasteiger partial charge in [0.2, 0.25) is 0 Å². The third kappa shape index (κ3) is 3.48. The van der Waals surface area contributed by atoms with Crippen molar-refractivity contribution in [1.82, 2.24) is 9.97 Å². The number of nitrogens with two attached hydrogens (primary N) is 1. The second-order valence-electron chi connectivity index (χ2n) is 5.65. The first-order valence-corrected chi connectivity index (χ1v) is 7.63. The number of rotatable bonds is 4. The molecule has 116 valence electrons. The molecule has 1 aromatic heterocycles. The monoisotopic (exact) mass is 304 g/mol. The van der Waals surface area contributed by atoms with Crippen molar-refractivity contribution in [2.45, 2.75) is 19.9 Å². The van der Waals surface area contributed by atoms with Crippen molar-refractivity contribution in [2.24, 2.45) is 0 Å². The minimum atomic E-state index is 0.139. The predicted molar refractivity (Wildman–Crippen MR) is 95.1 cm³/mol. The Kier molecular flexibility index (Phi) is 4.24. The van der Waals surface area contributed by atoms with Crippen LogP contribution in [-0.2, 0) is 0 Å². The Balaban J connectivity index is 1.88. The molecule has 0 saturated heterocycles. The summed E-state index contributed by atoms with van der Waals surface area (Å²) in [7, 11) is 0. The SMILES string of the molecule is Cc1ccc(C(C)Nc2nccnc2-c2ccc(N)cc2)cc1. The molecule has 0 spiro atoms. The molecular formula is C19H20N4. The van der Waals surface area contributed by atoms with Crippen molar-refractivity contribution in [3.8, 4) is 11.3 Å². The topological polar surface area (TPSA) is 63.8 Å². The molecule has 0 aliphatic carbocycles. The van der Waals surface area contributed by atoms with Gasteiger partial charge < -0.3 is 11.1 Å². The van der Waals surface area contributed by atoms with Gasteiger partial charge in [0, 0.05) is 23.6 Å². The minimum Gasteiger partial charge on any atom is -0.399 e. The predicted octanol–water partition coefficient (Wildman–Crippen LogP) is 4.21. The van der Waals surface area contributed by atoms with Gasteiger partial charge in [-0.3, -0.25) is 4.98 Å². The van der Waals surface area contributed by atoms with Gasteiger partial charge in [-0.05, 0) is 31.5 Å². The lowest BCUT2D eigenvalue weighted by Gasteiger charge is -2.17. The zero-order valence-corrected chi connectivity index (χ0v) is 13.3. The summed E-state index contributed by atoms with van der Waals surface area (Å²) in [5.74, 6) is 0.769. The highest BCUT2D eigenvalue weighted by molar-refractivity contribution is 5.72. The molecule has 0 amide bonds. The molecule has 0 fully saturated rings. The van der Waals surface area contributed by atoms with E-state index in [-0.39, 0.29) is 6.04 Å². The van der Waals surface area contributed by atoms with Crippen molar-refractivity contribution in [1.29, 1.82) is 0 Å². The van der Waals surface area contributed by atoms with Crippen molar-refractivity contribution < 1.29 is 0 Å². The zero-order valence-electron chi connectivity index (χ0n) is 13.3. The number of hydrogen-bond donors (Lipinski definition) is 2. The van der Waals surface area contributed by atoms with E-state index in [1.54, 1.807) is 12.4 Å². The molecule has 0 radical (unpaired) electrons. The van der Waals surface area contributed by atoms with Gasteiger partial charge in [0.1, 0.15) is 5.69 Å². The average molecular weight is 304 g/mol. The van der Waals surface area contributed by atoms with Crippen LogP contribution in [0.4, 0.5) is 11.5 Å². The first-order valence-electron chi connectivity index (χ1n) is 7.63. The Morgan fingerprint density at radius 2 is 1.57 bits per heavy atom. The van der Waals surface area contributed by atoms with Crippen LogP contribution in [0, 0.1) is 6.92 Å². The highest BCUT2D eigenvalue weighted by Crippen LogP contribution is 2.27. The van der Waals surface area contributed by atoms with Crippen LogP contribution in [0.5, 0.6) is 0 Å². The molecule has 3 aromatic rings. The summed E-state index contributed by atoms with van der Waals surface area (Å²) in [4.78, 5) is 8.93. The van der Waals surface area contributed by atoms with Crippen LogP contribution in [0.1, 0.15) is 24.1 Å². The lowest BCUT2D eigenvalue weighted by molar-refractivity contribution is 0.872. The number of anilines is 2. The fraction of sp³-hybridized carbons (Fsp3) is 0.158. The van der Waals surface area contributed by atoms with E-state index in [0.717, 1.165) is 22.8 Å². The van der Waals surface area contributed by atoms with Crippen molar-refractivity contribution in [3.05, 3.63) is 72.1 Å². The molecule has 4 heteroatoms. The Morgan fingerprint density at radius 3 is 2.26 bits per heavy atom. The highest BCUT2D eigenvalue weighted by Gasteiger charge is 2.11. The first-order chi connectivity index (χ1) is 11.1. The molecule has 0 aliphatic rings. The fourth-order valence-corrected chi connectivity index (χ4v) is 2.44. The molecule has 0 bridgehead atoms. The van der Waals surface area contributed by atoms with Crippen LogP contribution in [0.15, 0.2) is 60.9 Å². The van der Waals surface area contributed by atoms with E-state index in [1.807, 2.05) is 24.3 Å². The van der Waals surface area contributed by atoms with E-state index < -0.39 is 0 Å². The van der Waals surface area contributed by atoms with Gasteiger partial charge in [0.05, 0.1) is 6.04 Å². The van der Waals surface area contributed by atoms with Crippen LogP contribution in [0.3, 0.4) is 0 Å². The summed E-state index contributed by atoms with van der Waals surface area (Å²) in [6.07, 6.45) is 3.40. The van der Waals surface area contributed by atoms with E-state index in [4.69, 9.17) is 5.73 Å². The summed E-state index contributed by atoms with van der Waals surface area (Å²) < 4.78 is 0. The van der Waals surface area contributed by atoms with Crippen LogP contribution < -0.4 is 11.1 Å². The summed E-state index contributed by atoms with van der Waals surface area (Å²) >= 11 is 0. The molecule has 2 aromatic carbocycles. The maximum Gasteiger partial charge on any atom is 0.153 e. The van der Waals surface area contributed by atoms with Gasteiger partial charge in [-0.25, -0.2) is 4.98 Å². The van der Waals surface area contributed by atoms with Crippen molar-refractivity contribution >= 4 is 11.5 Å². The Bertz CT molecular complexity index is 779. The summed E-state index contributed by atoms with van der Waals surface area (Å²) in [6.45, 7) is 4.20. The lowest BCUT2D eigenvalue weighted by Crippen LogP contribution is -2.09. The zero-order chi connectivity index (χ0) is 16.2. The van der Waals surface area contributed by atoms with Gasteiger partial charge in [-0.2, -0.15) is 0 Å². The lowest BCUT2D eigenvalue weighted by atomic mass is 10.1. The molecular weight excluding hydrogens is 284 g/mol. The van der Waals surface area contributed by atoms with E-state index in [2.05, 4.69) is 53.4 Å². The molecule has 23 heavy (non-hydrogen) atoms. The molecule has 1 heterocycles. The number of benzene rings is 2. The summed E-state index contributed by atoms with van der Waals surface area (Å²) in [5.41, 5.74) is 10.8. The number of nitrogen functional groups attached to an aromatic ring is 1. The Morgan fingerprint density at radius 1 is 0.913 bits per heavy atom. The van der Waals surface area contributed by atoms with Crippen LogP contribution in [0.25, 0.3) is 11.3 Å². The molecule has 4 nitrogen and oxygen atoms in total. The Hall–Kier alpha value is -2.88. The number of aromatic nitrogens is 2. The minimum absolute atomic E-state index is 0.139. The normalized spacial score (nSPS) is 11.9. The molecule has 1 atom stereocenters. The van der Waals surface area contributed by atoms with Crippen LogP contribution >= 0.6 is 0 Å². The average Bonchev–Trinajstić information content (AvgIpc) is 2.57. The van der Waals surface area contributed by atoms with Gasteiger partial charge in [0.15, 0.2) is 5.82 Å². The molecule has 3 N–H and O–H groups in total. The maximum absolute atomic E-state index is 5.76.